The van der Waals surface area contributed by atoms with E-state index in [2.05, 4.69) is 33.0 Å². The molecule has 1 aliphatic rings. The molecule has 84 valence electrons. The van der Waals surface area contributed by atoms with E-state index in [0.29, 0.717) is 5.41 Å². The van der Waals surface area contributed by atoms with Gasteiger partial charge in [0.2, 0.25) is 0 Å². The van der Waals surface area contributed by atoms with Crippen molar-refractivity contribution in [3.05, 3.63) is 0 Å². The van der Waals surface area contributed by atoms with Crippen molar-refractivity contribution in [2.24, 2.45) is 11.3 Å². The molecule has 1 fully saturated rings. The van der Waals surface area contributed by atoms with Gasteiger partial charge in [-0.05, 0) is 37.6 Å². The fourth-order valence-electron chi connectivity index (χ4n) is 2.61. The minimum atomic E-state index is 0.213. The Kier molecular flexibility index (Phi) is 3.59. The lowest BCUT2D eigenvalue weighted by molar-refractivity contribution is 0.126. The molecule has 2 atom stereocenters. The molecule has 0 amide bonds. The van der Waals surface area contributed by atoms with E-state index in [1.807, 2.05) is 0 Å². The lowest BCUT2D eigenvalue weighted by Gasteiger charge is -2.25. The van der Waals surface area contributed by atoms with E-state index < -0.39 is 0 Å². The highest BCUT2D eigenvalue weighted by atomic mass is 16.5. The maximum Gasteiger partial charge on any atom is 0.0641 e. The molecule has 1 N–H and O–H groups in total. The number of hydrogen-bond acceptors (Lipinski definition) is 2. The average Bonchev–Trinajstić information content (AvgIpc) is 2.29. The molecule has 0 bridgehead atoms. The Labute approximate surface area is 88.4 Å². The van der Waals surface area contributed by atoms with Gasteiger partial charge in [-0.15, -0.1) is 0 Å². The van der Waals surface area contributed by atoms with Crippen LogP contribution in [-0.2, 0) is 4.74 Å². The average molecular weight is 199 g/mol. The van der Waals surface area contributed by atoms with E-state index in [1.54, 1.807) is 7.11 Å². The minimum Gasteiger partial charge on any atom is -0.383 e. The van der Waals surface area contributed by atoms with Crippen molar-refractivity contribution in [1.82, 2.24) is 5.32 Å². The van der Waals surface area contributed by atoms with E-state index >= 15 is 0 Å². The van der Waals surface area contributed by atoms with Crippen molar-refractivity contribution < 1.29 is 4.74 Å². The first-order valence-corrected chi connectivity index (χ1v) is 5.59. The molecule has 0 spiro atoms. The molecule has 2 nitrogen and oxygen atoms in total. The maximum atomic E-state index is 5.24. The summed E-state index contributed by atoms with van der Waals surface area (Å²) in [7, 11) is 1.78. The van der Waals surface area contributed by atoms with Crippen LogP contribution in [0, 0.1) is 11.3 Å². The fraction of sp³-hybridized carbons (Fsp3) is 1.00. The summed E-state index contributed by atoms with van der Waals surface area (Å²) < 4.78 is 5.24. The van der Waals surface area contributed by atoms with Crippen LogP contribution in [0.4, 0.5) is 0 Å². The third kappa shape index (κ3) is 3.58. The second-order valence-electron chi connectivity index (χ2n) is 6.21. The smallest absolute Gasteiger partial charge is 0.0641 e. The molecule has 14 heavy (non-hydrogen) atoms. The molecule has 0 aromatic carbocycles. The summed E-state index contributed by atoms with van der Waals surface area (Å²) in [4.78, 5) is 0. The van der Waals surface area contributed by atoms with Crippen LogP contribution in [0.3, 0.4) is 0 Å². The van der Waals surface area contributed by atoms with Crippen LogP contribution >= 0.6 is 0 Å². The van der Waals surface area contributed by atoms with Crippen molar-refractivity contribution in [3.8, 4) is 0 Å². The van der Waals surface area contributed by atoms with Crippen molar-refractivity contribution in [1.29, 1.82) is 0 Å². The van der Waals surface area contributed by atoms with E-state index in [0.717, 1.165) is 19.1 Å². The molecule has 0 aromatic heterocycles. The lowest BCUT2D eigenvalue weighted by Crippen LogP contribution is -2.40. The molecular weight excluding hydrogens is 174 g/mol. The van der Waals surface area contributed by atoms with Crippen molar-refractivity contribution in [2.75, 3.05) is 20.3 Å². The van der Waals surface area contributed by atoms with Gasteiger partial charge in [0.15, 0.2) is 0 Å². The molecule has 0 aliphatic carbocycles. The zero-order chi connectivity index (χ0) is 10.8. The monoisotopic (exact) mass is 199 g/mol. The first-order valence-electron chi connectivity index (χ1n) is 5.59. The molecule has 1 aliphatic heterocycles. The van der Waals surface area contributed by atoms with Crippen molar-refractivity contribution >= 4 is 0 Å². The lowest BCUT2D eigenvalue weighted by atomic mass is 9.82. The van der Waals surface area contributed by atoms with E-state index in [-0.39, 0.29) is 5.54 Å². The summed E-state index contributed by atoms with van der Waals surface area (Å²) in [6.45, 7) is 11.2. The van der Waals surface area contributed by atoms with Gasteiger partial charge in [0.1, 0.15) is 0 Å². The minimum absolute atomic E-state index is 0.213. The summed E-state index contributed by atoms with van der Waals surface area (Å²) in [6.07, 6.45) is 2.55. The second-order valence-corrected chi connectivity index (χ2v) is 6.21. The molecule has 0 radical (unpaired) electrons. The van der Waals surface area contributed by atoms with Gasteiger partial charge in [0.05, 0.1) is 6.61 Å². The molecular formula is C12H25NO. The number of ether oxygens (including phenoxy) is 1. The quantitative estimate of drug-likeness (QED) is 0.754. The normalized spacial score (nSPS) is 33.6. The molecule has 0 aromatic rings. The number of nitrogens with one attached hydrogen (secondary N) is 1. The Morgan fingerprint density at radius 1 is 1.43 bits per heavy atom. The van der Waals surface area contributed by atoms with Gasteiger partial charge < -0.3 is 10.1 Å². The Bertz CT molecular complexity index is 185. The summed E-state index contributed by atoms with van der Waals surface area (Å²) in [5.74, 6) is 0.815. The van der Waals surface area contributed by atoms with E-state index in [9.17, 15) is 0 Å². The first kappa shape index (κ1) is 12.0. The van der Waals surface area contributed by atoms with Gasteiger partial charge in [-0.25, -0.2) is 0 Å². The topological polar surface area (TPSA) is 21.3 Å². The van der Waals surface area contributed by atoms with Crippen LogP contribution in [0.2, 0.25) is 0 Å². The highest BCUT2D eigenvalue weighted by molar-refractivity contribution is 4.94. The molecule has 1 heterocycles. The highest BCUT2D eigenvalue weighted by Crippen LogP contribution is 2.33. The number of hydrogen-bond donors (Lipinski definition) is 1. The Balaban J connectivity index is 2.41. The summed E-state index contributed by atoms with van der Waals surface area (Å²) >= 11 is 0. The van der Waals surface area contributed by atoms with Crippen LogP contribution in [0.25, 0.3) is 0 Å². The van der Waals surface area contributed by atoms with E-state index in [4.69, 9.17) is 4.74 Å². The van der Waals surface area contributed by atoms with Crippen LogP contribution in [-0.4, -0.2) is 25.8 Å². The van der Waals surface area contributed by atoms with E-state index in [1.165, 1.54) is 12.8 Å². The molecule has 1 rings (SSSR count). The molecule has 1 saturated heterocycles. The molecule has 0 saturated carbocycles. The standard InChI is InChI=1S/C12H25NO/c1-11(2,3)6-10-7-12(4,9-14-5)13-8-10/h10,13H,6-9H2,1-5H3. The van der Waals surface area contributed by atoms with Gasteiger partial charge in [0.25, 0.3) is 0 Å². The first-order chi connectivity index (χ1) is 6.35. The van der Waals surface area contributed by atoms with Gasteiger partial charge in [-0.1, -0.05) is 20.8 Å². The number of methoxy groups -OCH3 is 1. The van der Waals surface area contributed by atoms with Gasteiger partial charge >= 0.3 is 0 Å². The van der Waals surface area contributed by atoms with Gasteiger partial charge in [-0.3, -0.25) is 0 Å². The molecule has 2 unspecified atom stereocenters. The summed E-state index contributed by atoms with van der Waals surface area (Å²) in [5.41, 5.74) is 0.662. The largest absolute Gasteiger partial charge is 0.383 e. The second kappa shape index (κ2) is 4.19. The van der Waals surface area contributed by atoms with Crippen LogP contribution in [0.1, 0.15) is 40.5 Å². The predicted molar refractivity (Wildman–Crippen MR) is 60.5 cm³/mol. The SMILES string of the molecule is COCC1(C)CC(CC(C)(C)C)CN1. The van der Waals surface area contributed by atoms with Crippen LogP contribution in [0.15, 0.2) is 0 Å². The Morgan fingerprint density at radius 3 is 2.57 bits per heavy atom. The van der Waals surface area contributed by atoms with Crippen molar-refractivity contribution in [3.63, 3.8) is 0 Å². The van der Waals surface area contributed by atoms with Crippen LogP contribution < -0.4 is 5.32 Å². The highest BCUT2D eigenvalue weighted by Gasteiger charge is 2.35. The summed E-state index contributed by atoms with van der Waals surface area (Å²) in [5, 5.41) is 3.58. The Hall–Kier alpha value is -0.0800. The number of rotatable bonds is 3. The summed E-state index contributed by atoms with van der Waals surface area (Å²) in [6, 6.07) is 0. The van der Waals surface area contributed by atoms with Gasteiger partial charge in [0, 0.05) is 12.6 Å². The zero-order valence-electron chi connectivity index (χ0n) is 10.3. The third-order valence-electron chi connectivity index (χ3n) is 2.92. The fourth-order valence-corrected chi connectivity index (χ4v) is 2.61. The molecule has 2 heteroatoms. The van der Waals surface area contributed by atoms with Crippen LogP contribution in [0.5, 0.6) is 0 Å². The zero-order valence-corrected chi connectivity index (χ0v) is 10.3. The van der Waals surface area contributed by atoms with Gasteiger partial charge in [-0.2, -0.15) is 0 Å². The maximum absolute atomic E-state index is 5.24. The Morgan fingerprint density at radius 2 is 2.07 bits per heavy atom. The van der Waals surface area contributed by atoms with Crippen molar-refractivity contribution in [2.45, 2.75) is 46.1 Å². The third-order valence-corrected chi connectivity index (χ3v) is 2.92. The predicted octanol–water partition coefficient (Wildman–Crippen LogP) is 2.44.